The quantitative estimate of drug-likeness (QED) is 0.632. The van der Waals surface area contributed by atoms with Gasteiger partial charge in [-0.1, -0.05) is 50.0 Å². The Hall–Kier alpha value is -1.39. The molecule has 2 nitrogen and oxygen atoms in total. The highest BCUT2D eigenvalue weighted by Crippen LogP contribution is 2.26. The number of aromatic nitrogens is 2. The molecule has 3 aromatic rings. The van der Waals surface area contributed by atoms with E-state index in [-0.39, 0.29) is 0 Å². The molecule has 1 heterocycles. The molecule has 20 heavy (non-hydrogen) atoms. The van der Waals surface area contributed by atoms with E-state index in [1.807, 2.05) is 18.2 Å². The van der Waals surface area contributed by atoms with Crippen LogP contribution in [0.2, 0.25) is 19.6 Å². The van der Waals surface area contributed by atoms with Crippen LogP contribution in [0.5, 0.6) is 0 Å². The van der Waals surface area contributed by atoms with Crippen molar-refractivity contribution < 1.29 is 0 Å². The summed E-state index contributed by atoms with van der Waals surface area (Å²) in [6.07, 6.45) is 0. The van der Waals surface area contributed by atoms with Crippen LogP contribution in [0.15, 0.2) is 53.0 Å². The molecule has 0 aliphatic rings. The maximum atomic E-state index is 4.94. The molecule has 0 radical (unpaired) electrons. The van der Waals surface area contributed by atoms with Gasteiger partial charge in [0, 0.05) is 9.86 Å². The fourth-order valence-electron chi connectivity index (χ4n) is 2.44. The maximum absolute atomic E-state index is 4.94. The van der Waals surface area contributed by atoms with Crippen LogP contribution in [-0.4, -0.2) is 17.9 Å². The Morgan fingerprint density at radius 1 is 0.950 bits per heavy atom. The van der Waals surface area contributed by atoms with Crippen molar-refractivity contribution in [3.8, 4) is 5.69 Å². The smallest absolute Gasteiger partial charge is 0.104 e. The third-order valence-electron chi connectivity index (χ3n) is 3.36. The molecule has 0 spiro atoms. The van der Waals surface area contributed by atoms with Gasteiger partial charge in [-0.25, -0.2) is 4.68 Å². The van der Waals surface area contributed by atoms with Crippen LogP contribution in [0.25, 0.3) is 16.6 Å². The Kier molecular flexibility index (Phi) is 3.30. The number of benzene rings is 2. The lowest BCUT2D eigenvalue weighted by molar-refractivity contribution is 0.920. The molecular weight excluding hydrogens is 328 g/mol. The molecule has 0 aliphatic heterocycles. The van der Waals surface area contributed by atoms with E-state index in [0.29, 0.717) is 0 Å². The largest absolute Gasteiger partial charge is 0.232 e. The van der Waals surface area contributed by atoms with Crippen LogP contribution in [-0.2, 0) is 0 Å². The lowest BCUT2D eigenvalue weighted by Crippen LogP contribution is -2.39. The van der Waals surface area contributed by atoms with Gasteiger partial charge in [-0.3, -0.25) is 0 Å². The van der Waals surface area contributed by atoms with Crippen LogP contribution in [0, 0.1) is 0 Å². The van der Waals surface area contributed by atoms with Crippen molar-refractivity contribution >= 4 is 40.2 Å². The van der Waals surface area contributed by atoms with Crippen molar-refractivity contribution in [3.63, 3.8) is 0 Å². The topological polar surface area (TPSA) is 17.8 Å². The van der Waals surface area contributed by atoms with Crippen LogP contribution < -0.4 is 5.32 Å². The van der Waals surface area contributed by atoms with Gasteiger partial charge in [-0.05, 0) is 34.1 Å². The third-order valence-corrected chi connectivity index (χ3v) is 5.79. The van der Waals surface area contributed by atoms with E-state index in [2.05, 4.69) is 70.6 Å². The second-order valence-electron chi connectivity index (χ2n) is 5.98. The van der Waals surface area contributed by atoms with Crippen molar-refractivity contribution in [2.75, 3.05) is 0 Å². The first-order valence-corrected chi connectivity index (χ1v) is 11.0. The normalized spacial score (nSPS) is 12.0. The predicted octanol–water partition coefficient (Wildman–Crippen LogP) is 4.33. The van der Waals surface area contributed by atoms with Gasteiger partial charge >= 0.3 is 0 Å². The first-order chi connectivity index (χ1) is 9.48. The minimum atomic E-state index is -1.49. The highest BCUT2D eigenvalue weighted by atomic mass is 79.9. The van der Waals surface area contributed by atoms with Gasteiger partial charge < -0.3 is 0 Å². The first kappa shape index (κ1) is 13.6. The highest BCUT2D eigenvalue weighted by molar-refractivity contribution is 9.10. The Morgan fingerprint density at radius 3 is 2.30 bits per heavy atom. The summed E-state index contributed by atoms with van der Waals surface area (Å²) in [5, 5.41) is 7.47. The number of rotatable bonds is 2. The van der Waals surface area contributed by atoms with Gasteiger partial charge in [-0.15, -0.1) is 0 Å². The van der Waals surface area contributed by atoms with Gasteiger partial charge in [0.1, 0.15) is 8.07 Å². The van der Waals surface area contributed by atoms with Crippen LogP contribution in [0.4, 0.5) is 0 Å². The zero-order valence-electron chi connectivity index (χ0n) is 11.9. The molecule has 3 rings (SSSR count). The summed E-state index contributed by atoms with van der Waals surface area (Å²) in [5.41, 5.74) is 2.27. The van der Waals surface area contributed by atoms with Gasteiger partial charge in [0.25, 0.3) is 0 Å². The van der Waals surface area contributed by atoms with Crippen molar-refractivity contribution in [2.24, 2.45) is 0 Å². The highest BCUT2D eigenvalue weighted by Gasteiger charge is 2.25. The lowest BCUT2D eigenvalue weighted by atomic mass is 10.2. The molecule has 0 saturated carbocycles. The molecule has 0 N–H and O–H groups in total. The molecular formula is C16H17BrN2Si. The summed E-state index contributed by atoms with van der Waals surface area (Å²) in [7, 11) is -1.49. The number of nitrogens with zero attached hydrogens (tertiary/aromatic N) is 2. The lowest BCUT2D eigenvalue weighted by Gasteiger charge is -2.12. The zero-order valence-corrected chi connectivity index (χ0v) is 14.5. The van der Waals surface area contributed by atoms with Gasteiger partial charge in [0.2, 0.25) is 0 Å². The fourth-order valence-corrected chi connectivity index (χ4v) is 4.38. The summed E-state index contributed by atoms with van der Waals surface area (Å²) < 4.78 is 3.16. The Balaban J connectivity index is 2.39. The molecule has 4 heteroatoms. The fraction of sp³-hybridized carbons (Fsp3) is 0.188. The van der Waals surface area contributed by atoms with Crippen LogP contribution in [0.3, 0.4) is 0 Å². The van der Waals surface area contributed by atoms with Gasteiger partial charge in [0.15, 0.2) is 0 Å². The minimum Gasteiger partial charge on any atom is -0.232 e. The summed E-state index contributed by atoms with van der Waals surface area (Å²) >= 11 is 3.68. The molecule has 0 atom stereocenters. The van der Waals surface area contributed by atoms with Crippen LogP contribution in [0.1, 0.15) is 0 Å². The molecule has 0 amide bonds. The molecule has 2 aromatic carbocycles. The Labute approximate surface area is 128 Å². The van der Waals surface area contributed by atoms with E-state index in [4.69, 9.17) is 5.10 Å². The maximum Gasteiger partial charge on any atom is 0.104 e. The second-order valence-corrected chi connectivity index (χ2v) is 11.8. The summed E-state index contributed by atoms with van der Waals surface area (Å²) in [6, 6.07) is 16.7. The van der Waals surface area contributed by atoms with E-state index >= 15 is 0 Å². The molecule has 0 unspecified atom stereocenters. The summed E-state index contributed by atoms with van der Waals surface area (Å²) in [6.45, 7) is 7.01. The molecule has 0 aliphatic carbocycles. The number of para-hydroxylation sites is 2. The van der Waals surface area contributed by atoms with E-state index in [1.165, 1.54) is 10.7 Å². The number of halogens is 1. The minimum absolute atomic E-state index is 1.09. The molecule has 1 aromatic heterocycles. The van der Waals surface area contributed by atoms with E-state index in [1.54, 1.807) is 0 Å². The van der Waals surface area contributed by atoms with E-state index in [9.17, 15) is 0 Å². The Bertz CT molecular complexity index is 757. The number of hydrogen-bond donors (Lipinski definition) is 0. The molecule has 102 valence electrons. The molecule has 0 fully saturated rings. The molecule has 0 bridgehead atoms. The van der Waals surface area contributed by atoms with Gasteiger partial charge in [-0.2, -0.15) is 5.10 Å². The monoisotopic (exact) mass is 344 g/mol. The average Bonchev–Trinajstić information content (AvgIpc) is 2.81. The SMILES string of the molecule is C[Si](C)(C)c1nn(-c2ccccc2)c2c(Br)cccc12. The average molecular weight is 345 g/mol. The number of fused-ring (bicyclic) bond motifs is 1. The van der Waals surface area contributed by atoms with E-state index in [0.717, 1.165) is 15.7 Å². The summed E-state index contributed by atoms with van der Waals surface area (Å²) in [5.74, 6) is 0. The molecule has 0 saturated heterocycles. The standard InChI is InChI=1S/C16H17BrN2Si/c1-20(2,3)16-13-10-7-11-14(17)15(13)19(18-16)12-8-5-4-6-9-12/h4-11H,1-3H3. The van der Waals surface area contributed by atoms with Crippen molar-refractivity contribution in [3.05, 3.63) is 53.0 Å². The van der Waals surface area contributed by atoms with Crippen molar-refractivity contribution in [2.45, 2.75) is 19.6 Å². The second kappa shape index (κ2) is 4.86. The Morgan fingerprint density at radius 2 is 1.65 bits per heavy atom. The van der Waals surface area contributed by atoms with Crippen molar-refractivity contribution in [1.29, 1.82) is 0 Å². The van der Waals surface area contributed by atoms with Gasteiger partial charge in [0.05, 0.1) is 16.5 Å². The van der Waals surface area contributed by atoms with Crippen LogP contribution >= 0.6 is 15.9 Å². The third kappa shape index (κ3) is 2.23. The number of hydrogen-bond acceptors (Lipinski definition) is 1. The first-order valence-electron chi connectivity index (χ1n) is 6.71. The van der Waals surface area contributed by atoms with E-state index < -0.39 is 8.07 Å². The zero-order chi connectivity index (χ0) is 14.3. The van der Waals surface area contributed by atoms with Crippen molar-refractivity contribution in [1.82, 2.24) is 9.78 Å². The predicted molar refractivity (Wildman–Crippen MR) is 91.8 cm³/mol. The summed E-state index contributed by atoms with van der Waals surface area (Å²) in [4.78, 5) is 0.